The first kappa shape index (κ1) is 35.0. The number of hydrogen-bond acceptors (Lipinski definition) is 5. The first-order valence-electron chi connectivity index (χ1n) is 20.1. The Hall–Kier alpha value is -8.15. The minimum Gasteiger partial charge on any atom is -0.456 e. The predicted octanol–water partition coefficient (Wildman–Crippen LogP) is 14.7. The van der Waals surface area contributed by atoms with Gasteiger partial charge >= 0.3 is 0 Å². The van der Waals surface area contributed by atoms with Crippen molar-refractivity contribution < 1.29 is 4.42 Å². The molecule has 0 saturated heterocycles. The molecule has 0 bridgehead atoms. The molecule has 0 N–H and O–H groups in total. The van der Waals surface area contributed by atoms with Gasteiger partial charge in [0.25, 0.3) is 0 Å². The molecule has 0 saturated carbocycles. The number of fused-ring (bicyclic) bond motifs is 4. The second-order valence-corrected chi connectivity index (χ2v) is 14.9. The van der Waals surface area contributed by atoms with E-state index in [0.717, 1.165) is 77.6 Å². The van der Waals surface area contributed by atoms with Gasteiger partial charge in [0.2, 0.25) is 0 Å². The molecular formula is C55H36N4O. The van der Waals surface area contributed by atoms with Gasteiger partial charge in [0.15, 0.2) is 17.5 Å². The van der Waals surface area contributed by atoms with Crippen LogP contribution < -0.4 is 4.90 Å². The third-order valence-electron chi connectivity index (χ3n) is 11.1. The maximum Gasteiger partial charge on any atom is 0.164 e. The third kappa shape index (κ3) is 6.54. The van der Waals surface area contributed by atoms with Crippen LogP contribution in [0.5, 0.6) is 0 Å². The molecule has 0 radical (unpaired) electrons. The number of benzene rings is 9. The van der Waals surface area contributed by atoms with E-state index in [2.05, 4.69) is 169 Å². The molecule has 5 heteroatoms. The lowest BCUT2D eigenvalue weighted by atomic mass is 9.98. The van der Waals surface area contributed by atoms with E-state index in [1.807, 2.05) is 54.6 Å². The number of para-hydroxylation sites is 2. The molecule has 0 aliphatic carbocycles. The average molecular weight is 769 g/mol. The zero-order valence-corrected chi connectivity index (χ0v) is 32.5. The van der Waals surface area contributed by atoms with Crippen LogP contribution in [0.3, 0.4) is 0 Å². The van der Waals surface area contributed by atoms with Crippen molar-refractivity contribution >= 4 is 49.8 Å². The Labute approximate surface area is 347 Å². The highest BCUT2D eigenvalue weighted by molar-refractivity contribution is 6.13. The van der Waals surface area contributed by atoms with Crippen molar-refractivity contribution in [3.63, 3.8) is 0 Å². The number of nitrogens with zero attached hydrogens (tertiary/aromatic N) is 4. The summed E-state index contributed by atoms with van der Waals surface area (Å²) in [4.78, 5) is 17.9. The van der Waals surface area contributed by atoms with E-state index in [1.54, 1.807) is 0 Å². The van der Waals surface area contributed by atoms with Crippen LogP contribution >= 0.6 is 0 Å². The molecular weight excluding hydrogens is 733 g/mol. The maximum absolute atomic E-state index is 6.71. The largest absolute Gasteiger partial charge is 0.456 e. The highest BCUT2D eigenvalue weighted by Gasteiger charge is 2.23. The van der Waals surface area contributed by atoms with Crippen LogP contribution in [0.1, 0.15) is 0 Å². The van der Waals surface area contributed by atoms with Crippen molar-refractivity contribution in [3.05, 3.63) is 218 Å². The summed E-state index contributed by atoms with van der Waals surface area (Å²) in [6, 6.07) is 75.8. The maximum atomic E-state index is 6.71. The van der Waals surface area contributed by atoms with Crippen molar-refractivity contribution in [2.24, 2.45) is 0 Å². The molecule has 9 aromatic carbocycles. The zero-order valence-electron chi connectivity index (χ0n) is 32.5. The summed E-state index contributed by atoms with van der Waals surface area (Å²) in [5, 5.41) is 4.22. The van der Waals surface area contributed by atoms with Crippen LogP contribution in [0.4, 0.5) is 17.1 Å². The monoisotopic (exact) mass is 768 g/mol. The lowest BCUT2D eigenvalue weighted by Crippen LogP contribution is -2.10. The van der Waals surface area contributed by atoms with E-state index < -0.39 is 0 Å². The standard InChI is InChI=1S/C55H36N4O/c1-4-16-37(17-5-1)41-22-14-23-42(32-41)43-24-15-27-46(34-43)59(45-25-8-3-9-26-45)47-35-49(52-48-28-12-13-29-50(48)60-51(52)36-47)55-57-53(39-19-6-2-7-20-39)56-54(58-55)44-31-30-38-18-10-11-21-40(38)33-44/h1-36H. The molecule has 0 unspecified atom stereocenters. The van der Waals surface area contributed by atoms with Crippen molar-refractivity contribution in [1.82, 2.24) is 15.0 Å². The van der Waals surface area contributed by atoms with E-state index in [0.29, 0.717) is 17.5 Å². The van der Waals surface area contributed by atoms with E-state index >= 15 is 0 Å². The van der Waals surface area contributed by atoms with Crippen LogP contribution in [-0.4, -0.2) is 15.0 Å². The van der Waals surface area contributed by atoms with Crippen molar-refractivity contribution in [3.8, 4) is 56.4 Å². The quantitative estimate of drug-likeness (QED) is 0.154. The first-order valence-corrected chi connectivity index (χ1v) is 20.1. The van der Waals surface area contributed by atoms with Crippen LogP contribution in [0.15, 0.2) is 223 Å². The molecule has 2 heterocycles. The van der Waals surface area contributed by atoms with Gasteiger partial charge in [-0.2, -0.15) is 0 Å². The number of anilines is 3. The van der Waals surface area contributed by atoms with Gasteiger partial charge < -0.3 is 9.32 Å². The van der Waals surface area contributed by atoms with Crippen molar-refractivity contribution in [2.45, 2.75) is 0 Å². The van der Waals surface area contributed by atoms with Gasteiger partial charge in [-0.05, 0) is 81.6 Å². The SMILES string of the molecule is c1ccc(-c2cccc(-c3cccc(N(c4ccccc4)c4cc(-c5nc(-c6ccccc6)nc(-c6ccc7ccccc7c6)n5)c5c(c4)oc4ccccc45)c3)c2)cc1. The fourth-order valence-corrected chi connectivity index (χ4v) is 8.17. The minimum absolute atomic E-state index is 0.560. The summed E-state index contributed by atoms with van der Waals surface area (Å²) in [6.07, 6.45) is 0. The van der Waals surface area contributed by atoms with Crippen LogP contribution in [-0.2, 0) is 0 Å². The van der Waals surface area contributed by atoms with Crippen LogP contribution in [0, 0.1) is 0 Å². The van der Waals surface area contributed by atoms with Gasteiger partial charge in [0, 0.05) is 44.9 Å². The second kappa shape index (κ2) is 15.0. The molecule has 60 heavy (non-hydrogen) atoms. The normalized spacial score (nSPS) is 11.3. The smallest absolute Gasteiger partial charge is 0.164 e. The Morgan fingerprint density at radius 3 is 1.67 bits per heavy atom. The van der Waals surface area contributed by atoms with Crippen molar-refractivity contribution in [2.75, 3.05) is 4.90 Å². The molecule has 2 aromatic heterocycles. The lowest BCUT2D eigenvalue weighted by molar-refractivity contribution is 0.669. The third-order valence-corrected chi connectivity index (χ3v) is 11.1. The number of hydrogen-bond donors (Lipinski definition) is 0. The number of furan rings is 1. The summed E-state index contributed by atoms with van der Waals surface area (Å²) in [7, 11) is 0. The summed E-state index contributed by atoms with van der Waals surface area (Å²) in [5.41, 5.74) is 11.7. The molecule has 0 amide bonds. The molecule has 0 atom stereocenters. The zero-order chi connectivity index (χ0) is 39.8. The summed E-state index contributed by atoms with van der Waals surface area (Å²) >= 11 is 0. The Kier molecular flexibility index (Phi) is 8.75. The van der Waals surface area contributed by atoms with Gasteiger partial charge in [0.1, 0.15) is 11.2 Å². The molecule has 282 valence electrons. The Morgan fingerprint density at radius 1 is 0.317 bits per heavy atom. The van der Waals surface area contributed by atoms with E-state index in [-0.39, 0.29) is 0 Å². The predicted molar refractivity (Wildman–Crippen MR) is 246 cm³/mol. The van der Waals surface area contributed by atoms with E-state index in [9.17, 15) is 0 Å². The van der Waals surface area contributed by atoms with Gasteiger partial charge in [-0.15, -0.1) is 0 Å². The topological polar surface area (TPSA) is 55.1 Å². The van der Waals surface area contributed by atoms with E-state index in [1.165, 1.54) is 11.1 Å². The van der Waals surface area contributed by atoms with Crippen LogP contribution in [0.25, 0.3) is 89.1 Å². The molecule has 11 rings (SSSR count). The Balaban J connectivity index is 1.13. The first-order chi connectivity index (χ1) is 29.7. The van der Waals surface area contributed by atoms with Gasteiger partial charge in [-0.3, -0.25) is 0 Å². The van der Waals surface area contributed by atoms with Crippen LogP contribution in [0.2, 0.25) is 0 Å². The molecule has 0 spiro atoms. The number of rotatable bonds is 8. The van der Waals surface area contributed by atoms with Crippen molar-refractivity contribution in [1.29, 1.82) is 0 Å². The molecule has 0 fully saturated rings. The number of aromatic nitrogens is 3. The molecule has 5 nitrogen and oxygen atoms in total. The lowest BCUT2D eigenvalue weighted by Gasteiger charge is -2.26. The second-order valence-electron chi connectivity index (χ2n) is 14.9. The summed E-state index contributed by atoms with van der Waals surface area (Å²) < 4.78 is 6.71. The van der Waals surface area contributed by atoms with Gasteiger partial charge in [-0.1, -0.05) is 164 Å². The minimum atomic E-state index is 0.560. The van der Waals surface area contributed by atoms with E-state index in [4.69, 9.17) is 19.4 Å². The Morgan fingerprint density at radius 2 is 0.883 bits per heavy atom. The van der Waals surface area contributed by atoms with Gasteiger partial charge in [-0.25, -0.2) is 15.0 Å². The summed E-state index contributed by atoms with van der Waals surface area (Å²) in [6.45, 7) is 0. The molecule has 0 aliphatic rings. The fourth-order valence-electron chi connectivity index (χ4n) is 8.17. The molecule has 11 aromatic rings. The molecule has 0 aliphatic heterocycles. The van der Waals surface area contributed by atoms with Gasteiger partial charge in [0.05, 0.1) is 5.69 Å². The fraction of sp³-hybridized carbons (Fsp3) is 0. The highest BCUT2D eigenvalue weighted by Crippen LogP contribution is 2.44. The average Bonchev–Trinajstić information content (AvgIpc) is 3.71. The Bertz CT molecular complexity index is 3330. The summed E-state index contributed by atoms with van der Waals surface area (Å²) in [5.74, 6) is 1.76. The highest BCUT2D eigenvalue weighted by atomic mass is 16.3.